The maximum Gasteiger partial charge on any atom is 0.294 e. The first kappa shape index (κ1) is 12.3. The van der Waals surface area contributed by atoms with Gasteiger partial charge in [0.1, 0.15) is 5.82 Å². The van der Waals surface area contributed by atoms with Crippen molar-refractivity contribution in [3.05, 3.63) is 41.7 Å². The Labute approximate surface area is 105 Å². The molecule has 0 atom stereocenters. The highest BCUT2D eigenvalue weighted by Crippen LogP contribution is 2.20. The molecule has 0 aliphatic rings. The van der Waals surface area contributed by atoms with Crippen LogP contribution in [0.15, 0.2) is 28.8 Å². The summed E-state index contributed by atoms with van der Waals surface area (Å²) >= 11 is 0. The molecule has 0 bridgehead atoms. The Balaban J connectivity index is 2.24. The number of aryl methyl sites for hydroxylation is 1. The number of nitrogens with one attached hydrogen (secondary N) is 1. The Morgan fingerprint density at radius 1 is 1.39 bits per heavy atom. The van der Waals surface area contributed by atoms with Crippen molar-refractivity contribution in [2.45, 2.75) is 26.7 Å². The van der Waals surface area contributed by atoms with Crippen molar-refractivity contribution in [1.82, 2.24) is 9.97 Å². The third-order valence-corrected chi connectivity index (χ3v) is 2.42. The maximum absolute atomic E-state index is 12.1. The van der Waals surface area contributed by atoms with E-state index in [1.807, 2.05) is 13.8 Å². The zero-order chi connectivity index (χ0) is 13.1. The molecule has 0 unspecified atom stereocenters. The molecule has 2 aromatic heterocycles. The van der Waals surface area contributed by atoms with Crippen LogP contribution < -0.4 is 5.32 Å². The lowest BCUT2D eigenvalue weighted by molar-refractivity contribution is 0.0993. The van der Waals surface area contributed by atoms with Crippen LogP contribution in [0, 0.1) is 6.92 Å². The molecular formula is C13H15N3O2. The van der Waals surface area contributed by atoms with Crippen molar-refractivity contribution in [3.63, 3.8) is 0 Å². The second kappa shape index (κ2) is 5.00. The van der Waals surface area contributed by atoms with Crippen LogP contribution in [-0.2, 0) is 0 Å². The number of pyridine rings is 1. The third kappa shape index (κ3) is 2.56. The second-order valence-electron chi connectivity index (χ2n) is 4.27. The normalized spacial score (nSPS) is 10.7. The van der Waals surface area contributed by atoms with E-state index in [0.717, 1.165) is 0 Å². The summed E-state index contributed by atoms with van der Waals surface area (Å²) in [6.07, 6.45) is 1.62. The number of aromatic nitrogens is 2. The molecule has 18 heavy (non-hydrogen) atoms. The molecule has 5 nitrogen and oxygen atoms in total. The van der Waals surface area contributed by atoms with Gasteiger partial charge >= 0.3 is 0 Å². The quantitative estimate of drug-likeness (QED) is 0.902. The number of hydrogen-bond donors (Lipinski definition) is 1. The van der Waals surface area contributed by atoms with Gasteiger partial charge in [-0.2, -0.15) is 0 Å². The fraction of sp³-hybridized carbons (Fsp3) is 0.308. The highest BCUT2D eigenvalue weighted by atomic mass is 16.4. The fourth-order valence-corrected chi connectivity index (χ4v) is 1.61. The van der Waals surface area contributed by atoms with Crippen LogP contribution in [0.2, 0.25) is 0 Å². The molecule has 5 heteroatoms. The molecule has 2 aromatic rings. The molecule has 0 aliphatic carbocycles. The van der Waals surface area contributed by atoms with Gasteiger partial charge in [0, 0.05) is 13.1 Å². The van der Waals surface area contributed by atoms with Crippen LogP contribution >= 0.6 is 0 Å². The van der Waals surface area contributed by atoms with E-state index in [1.54, 1.807) is 31.3 Å². The largest absolute Gasteiger partial charge is 0.436 e. The molecule has 0 saturated carbocycles. The highest BCUT2D eigenvalue weighted by molar-refractivity contribution is 6.02. The van der Waals surface area contributed by atoms with Crippen LogP contribution in [0.1, 0.15) is 41.9 Å². The van der Waals surface area contributed by atoms with Gasteiger partial charge in [-0.3, -0.25) is 4.79 Å². The predicted molar refractivity (Wildman–Crippen MR) is 67.5 cm³/mol. The first-order chi connectivity index (χ1) is 8.58. The molecular weight excluding hydrogens is 230 g/mol. The Bertz CT molecular complexity index is 547. The van der Waals surface area contributed by atoms with E-state index >= 15 is 0 Å². The van der Waals surface area contributed by atoms with E-state index in [2.05, 4.69) is 15.3 Å². The second-order valence-corrected chi connectivity index (χ2v) is 4.27. The monoisotopic (exact) mass is 245 g/mol. The summed E-state index contributed by atoms with van der Waals surface area (Å²) < 4.78 is 5.36. The van der Waals surface area contributed by atoms with Gasteiger partial charge < -0.3 is 9.73 Å². The summed E-state index contributed by atoms with van der Waals surface area (Å²) in [5.41, 5.74) is 0.668. The Morgan fingerprint density at radius 2 is 2.17 bits per heavy atom. The van der Waals surface area contributed by atoms with Gasteiger partial charge in [0.15, 0.2) is 5.89 Å². The van der Waals surface area contributed by atoms with Crippen LogP contribution in [0.25, 0.3) is 0 Å². The lowest BCUT2D eigenvalue weighted by Crippen LogP contribution is -2.14. The van der Waals surface area contributed by atoms with E-state index < -0.39 is 0 Å². The Kier molecular flexibility index (Phi) is 3.41. The average molecular weight is 245 g/mol. The molecule has 0 radical (unpaired) electrons. The molecule has 0 spiro atoms. The summed E-state index contributed by atoms with van der Waals surface area (Å²) in [7, 11) is 0. The van der Waals surface area contributed by atoms with E-state index in [-0.39, 0.29) is 17.6 Å². The minimum atomic E-state index is -0.321. The lowest BCUT2D eigenvalue weighted by atomic mass is 10.1. The number of carbonyl (C=O) groups is 1. The minimum absolute atomic E-state index is 0.131. The van der Waals surface area contributed by atoms with Crippen molar-refractivity contribution in [3.8, 4) is 0 Å². The summed E-state index contributed by atoms with van der Waals surface area (Å²) in [5.74, 6) is 1.05. The Hall–Kier alpha value is -2.17. The van der Waals surface area contributed by atoms with Crippen LogP contribution in [0.3, 0.4) is 0 Å². The smallest absolute Gasteiger partial charge is 0.294 e. The summed E-state index contributed by atoms with van der Waals surface area (Å²) in [6.45, 7) is 5.66. The SMILES string of the molecule is Cc1nc(C(C)C)c(C(=O)Nc2ccccn2)o1. The molecule has 0 saturated heterocycles. The first-order valence-corrected chi connectivity index (χ1v) is 5.77. The molecule has 1 N–H and O–H groups in total. The van der Waals surface area contributed by atoms with Crippen LogP contribution in [0.4, 0.5) is 5.82 Å². The Morgan fingerprint density at radius 3 is 2.78 bits per heavy atom. The number of oxazole rings is 1. The predicted octanol–water partition coefficient (Wildman–Crippen LogP) is 2.75. The summed E-state index contributed by atoms with van der Waals surface area (Å²) in [6, 6.07) is 5.31. The average Bonchev–Trinajstić information content (AvgIpc) is 2.73. The van der Waals surface area contributed by atoms with E-state index in [1.165, 1.54) is 0 Å². The zero-order valence-electron chi connectivity index (χ0n) is 10.6. The maximum atomic E-state index is 12.1. The van der Waals surface area contributed by atoms with E-state index in [9.17, 15) is 4.79 Å². The van der Waals surface area contributed by atoms with Gasteiger partial charge in [-0.25, -0.2) is 9.97 Å². The van der Waals surface area contributed by atoms with E-state index in [4.69, 9.17) is 4.42 Å². The van der Waals surface area contributed by atoms with Crippen molar-refractivity contribution in [1.29, 1.82) is 0 Å². The number of carbonyl (C=O) groups excluding carboxylic acids is 1. The number of amides is 1. The molecule has 0 aromatic carbocycles. The topological polar surface area (TPSA) is 68.0 Å². The van der Waals surface area contributed by atoms with Crippen molar-refractivity contribution >= 4 is 11.7 Å². The summed E-state index contributed by atoms with van der Waals surface area (Å²) in [5, 5.41) is 2.68. The lowest BCUT2D eigenvalue weighted by Gasteiger charge is -2.04. The van der Waals surface area contributed by atoms with Gasteiger partial charge in [-0.05, 0) is 18.1 Å². The van der Waals surface area contributed by atoms with Gasteiger partial charge in [-0.15, -0.1) is 0 Å². The first-order valence-electron chi connectivity index (χ1n) is 5.77. The fourth-order valence-electron chi connectivity index (χ4n) is 1.61. The standard InChI is InChI=1S/C13H15N3O2/c1-8(2)11-12(18-9(3)15-11)13(17)16-10-6-4-5-7-14-10/h4-8H,1-3H3,(H,14,16,17). The van der Waals surface area contributed by atoms with Crippen LogP contribution in [-0.4, -0.2) is 15.9 Å². The van der Waals surface area contributed by atoms with Crippen molar-refractivity contribution in [2.24, 2.45) is 0 Å². The molecule has 94 valence electrons. The molecule has 0 fully saturated rings. The van der Waals surface area contributed by atoms with Gasteiger partial charge in [0.25, 0.3) is 5.91 Å². The zero-order valence-corrected chi connectivity index (χ0v) is 10.6. The minimum Gasteiger partial charge on any atom is -0.436 e. The summed E-state index contributed by atoms with van der Waals surface area (Å²) in [4.78, 5) is 20.3. The van der Waals surface area contributed by atoms with Crippen molar-refractivity contribution < 1.29 is 9.21 Å². The molecule has 0 aliphatic heterocycles. The molecule has 1 amide bonds. The third-order valence-electron chi connectivity index (χ3n) is 2.42. The van der Waals surface area contributed by atoms with Gasteiger partial charge in [0.05, 0.1) is 5.69 Å². The highest BCUT2D eigenvalue weighted by Gasteiger charge is 2.21. The molecule has 2 heterocycles. The number of anilines is 1. The molecule has 2 rings (SSSR count). The van der Waals surface area contributed by atoms with E-state index in [0.29, 0.717) is 17.4 Å². The van der Waals surface area contributed by atoms with Gasteiger partial charge in [0.2, 0.25) is 5.76 Å². The van der Waals surface area contributed by atoms with Gasteiger partial charge in [-0.1, -0.05) is 19.9 Å². The number of rotatable bonds is 3. The number of nitrogens with zero attached hydrogens (tertiary/aromatic N) is 2. The number of hydrogen-bond acceptors (Lipinski definition) is 4. The van der Waals surface area contributed by atoms with Crippen molar-refractivity contribution in [2.75, 3.05) is 5.32 Å². The van der Waals surface area contributed by atoms with Crippen LogP contribution in [0.5, 0.6) is 0 Å².